The van der Waals surface area contributed by atoms with Gasteiger partial charge in [-0.1, -0.05) is 6.07 Å². The number of rotatable bonds is 4. The molecule has 1 fully saturated rings. The molecule has 3 heteroatoms. The molecule has 20 heavy (non-hydrogen) atoms. The number of benzene rings is 1. The highest BCUT2D eigenvalue weighted by Crippen LogP contribution is 2.24. The zero-order valence-electron chi connectivity index (χ0n) is 13.4. The highest BCUT2D eigenvalue weighted by molar-refractivity contribution is 5.51. The van der Waals surface area contributed by atoms with Gasteiger partial charge in [0.2, 0.25) is 0 Å². The Balaban J connectivity index is 2.11. The Morgan fingerprint density at radius 3 is 2.75 bits per heavy atom. The zero-order valence-corrected chi connectivity index (χ0v) is 13.4. The van der Waals surface area contributed by atoms with Crippen molar-refractivity contribution in [3.8, 4) is 0 Å². The van der Waals surface area contributed by atoms with Gasteiger partial charge in [0.05, 0.1) is 0 Å². The smallest absolute Gasteiger partial charge is 0.0369 e. The van der Waals surface area contributed by atoms with Crippen LogP contribution in [0.5, 0.6) is 0 Å². The quantitative estimate of drug-likeness (QED) is 0.916. The Hall–Kier alpha value is -1.06. The monoisotopic (exact) mass is 275 g/mol. The predicted molar refractivity (Wildman–Crippen MR) is 87.5 cm³/mol. The molecule has 0 aromatic heterocycles. The highest BCUT2D eigenvalue weighted by atomic mass is 15.2. The van der Waals surface area contributed by atoms with Gasteiger partial charge in [-0.15, -0.1) is 0 Å². The Kier molecular flexibility index (Phi) is 5.06. The van der Waals surface area contributed by atoms with Gasteiger partial charge in [0, 0.05) is 30.9 Å². The van der Waals surface area contributed by atoms with Gasteiger partial charge in [-0.3, -0.25) is 0 Å². The molecule has 2 N–H and O–H groups in total. The van der Waals surface area contributed by atoms with E-state index < -0.39 is 0 Å². The van der Waals surface area contributed by atoms with Gasteiger partial charge in [0.1, 0.15) is 0 Å². The van der Waals surface area contributed by atoms with Crippen molar-refractivity contribution in [1.82, 2.24) is 4.90 Å². The van der Waals surface area contributed by atoms with Crippen LogP contribution in [-0.2, 0) is 6.42 Å². The van der Waals surface area contributed by atoms with E-state index in [1.54, 1.807) is 0 Å². The fourth-order valence-electron chi connectivity index (χ4n) is 3.06. The largest absolute Gasteiger partial charge is 0.370 e. The Morgan fingerprint density at radius 2 is 2.15 bits per heavy atom. The standard InChI is InChI=1S/C17H29N3/c1-13-10-16(8-7-15(13)11-14(2)18)20-9-5-6-17(12-20)19(3)4/h7-8,10,14,17H,5-6,9,11-12,18H2,1-4H3. The second kappa shape index (κ2) is 6.59. The molecule has 1 saturated heterocycles. The number of hydrogen-bond acceptors (Lipinski definition) is 3. The molecule has 2 atom stereocenters. The molecule has 0 bridgehead atoms. The lowest BCUT2D eigenvalue weighted by Crippen LogP contribution is -2.45. The molecule has 112 valence electrons. The van der Waals surface area contributed by atoms with Crippen LogP contribution >= 0.6 is 0 Å². The van der Waals surface area contributed by atoms with Gasteiger partial charge >= 0.3 is 0 Å². The lowest BCUT2D eigenvalue weighted by Gasteiger charge is -2.37. The van der Waals surface area contributed by atoms with Crippen LogP contribution in [-0.4, -0.2) is 44.2 Å². The van der Waals surface area contributed by atoms with E-state index >= 15 is 0 Å². The molecule has 1 aromatic rings. The van der Waals surface area contributed by atoms with Crippen molar-refractivity contribution in [3.05, 3.63) is 29.3 Å². The minimum absolute atomic E-state index is 0.229. The van der Waals surface area contributed by atoms with E-state index in [0.717, 1.165) is 13.0 Å². The lowest BCUT2D eigenvalue weighted by atomic mass is 9.99. The molecule has 0 spiro atoms. The molecule has 2 rings (SSSR count). The van der Waals surface area contributed by atoms with E-state index in [0.29, 0.717) is 6.04 Å². The maximum Gasteiger partial charge on any atom is 0.0369 e. The number of aryl methyl sites for hydroxylation is 1. The van der Waals surface area contributed by atoms with E-state index in [9.17, 15) is 0 Å². The van der Waals surface area contributed by atoms with Crippen molar-refractivity contribution in [2.24, 2.45) is 5.73 Å². The molecular formula is C17H29N3. The third-order valence-electron chi connectivity index (χ3n) is 4.36. The number of anilines is 1. The van der Waals surface area contributed by atoms with E-state index in [1.165, 1.54) is 36.2 Å². The van der Waals surface area contributed by atoms with Crippen LogP contribution in [0.3, 0.4) is 0 Å². The van der Waals surface area contributed by atoms with Crippen molar-refractivity contribution in [2.45, 2.75) is 45.2 Å². The van der Waals surface area contributed by atoms with Crippen LogP contribution in [0.25, 0.3) is 0 Å². The first kappa shape index (κ1) is 15.3. The van der Waals surface area contributed by atoms with E-state index in [1.807, 2.05) is 0 Å². The van der Waals surface area contributed by atoms with E-state index in [2.05, 4.69) is 55.9 Å². The van der Waals surface area contributed by atoms with Gasteiger partial charge < -0.3 is 15.5 Å². The summed E-state index contributed by atoms with van der Waals surface area (Å²) in [5, 5.41) is 0. The summed E-state index contributed by atoms with van der Waals surface area (Å²) >= 11 is 0. The first-order valence-electron chi connectivity index (χ1n) is 7.74. The average molecular weight is 275 g/mol. The van der Waals surface area contributed by atoms with Gasteiger partial charge in [0.25, 0.3) is 0 Å². The number of nitrogens with two attached hydrogens (primary N) is 1. The summed E-state index contributed by atoms with van der Waals surface area (Å²) in [5.74, 6) is 0. The number of nitrogens with zero attached hydrogens (tertiary/aromatic N) is 2. The molecule has 0 aliphatic carbocycles. The first-order chi connectivity index (χ1) is 9.47. The summed E-state index contributed by atoms with van der Waals surface area (Å²) in [6, 6.07) is 7.76. The van der Waals surface area contributed by atoms with Gasteiger partial charge in [0.15, 0.2) is 0 Å². The summed E-state index contributed by atoms with van der Waals surface area (Å²) in [7, 11) is 4.37. The van der Waals surface area contributed by atoms with Gasteiger partial charge in [-0.2, -0.15) is 0 Å². The number of piperidine rings is 1. The van der Waals surface area contributed by atoms with Crippen LogP contribution in [0.4, 0.5) is 5.69 Å². The molecule has 1 aliphatic rings. The second-order valence-electron chi connectivity index (χ2n) is 6.50. The average Bonchev–Trinajstić information content (AvgIpc) is 2.40. The molecule has 3 nitrogen and oxygen atoms in total. The summed E-state index contributed by atoms with van der Waals surface area (Å²) in [4.78, 5) is 4.88. The molecule has 1 aliphatic heterocycles. The molecule has 0 amide bonds. The maximum atomic E-state index is 5.91. The number of hydrogen-bond donors (Lipinski definition) is 1. The van der Waals surface area contributed by atoms with Crippen molar-refractivity contribution >= 4 is 5.69 Å². The van der Waals surface area contributed by atoms with Crippen molar-refractivity contribution in [3.63, 3.8) is 0 Å². The van der Waals surface area contributed by atoms with Crippen LogP contribution in [0.15, 0.2) is 18.2 Å². The van der Waals surface area contributed by atoms with Crippen molar-refractivity contribution in [1.29, 1.82) is 0 Å². The zero-order chi connectivity index (χ0) is 14.7. The minimum Gasteiger partial charge on any atom is -0.370 e. The third kappa shape index (κ3) is 3.74. The van der Waals surface area contributed by atoms with Gasteiger partial charge in [-0.25, -0.2) is 0 Å². The molecule has 1 heterocycles. The summed E-state index contributed by atoms with van der Waals surface area (Å²) in [6.07, 6.45) is 3.56. The SMILES string of the molecule is Cc1cc(N2CCCC(N(C)C)C2)ccc1CC(C)N. The van der Waals surface area contributed by atoms with Crippen molar-refractivity contribution < 1.29 is 0 Å². The van der Waals surface area contributed by atoms with E-state index in [-0.39, 0.29) is 6.04 Å². The van der Waals surface area contributed by atoms with Crippen molar-refractivity contribution in [2.75, 3.05) is 32.1 Å². The lowest BCUT2D eigenvalue weighted by molar-refractivity contribution is 0.258. The normalized spacial score (nSPS) is 21.3. The molecular weight excluding hydrogens is 246 g/mol. The highest BCUT2D eigenvalue weighted by Gasteiger charge is 2.21. The fourth-order valence-corrected chi connectivity index (χ4v) is 3.06. The van der Waals surface area contributed by atoms with Crippen LogP contribution in [0.2, 0.25) is 0 Å². The fraction of sp³-hybridized carbons (Fsp3) is 0.647. The minimum atomic E-state index is 0.229. The second-order valence-corrected chi connectivity index (χ2v) is 6.50. The molecule has 0 saturated carbocycles. The topological polar surface area (TPSA) is 32.5 Å². The predicted octanol–water partition coefficient (Wildman–Crippen LogP) is 2.42. The molecule has 2 unspecified atom stereocenters. The third-order valence-corrected chi connectivity index (χ3v) is 4.36. The summed E-state index contributed by atoms with van der Waals surface area (Å²) in [5.41, 5.74) is 10.0. The van der Waals surface area contributed by atoms with Gasteiger partial charge in [-0.05, 0) is 70.5 Å². The maximum absolute atomic E-state index is 5.91. The molecule has 0 radical (unpaired) electrons. The van der Waals surface area contributed by atoms with Crippen LogP contribution < -0.4 is 10.6 Å². The Bertz CT molecular complexity index is 440. The van der Waals surface area contributed by atoms with E-state index in [4.69, 9.17) is 5.73 Å². The summed E-state index contributed by atoms with van der Waals surface area (Å²) in [6.45, 7) is 6.59. The molecule has 1 aromatic carbocycles. The number of likely N-dealkylation sites (N-methyl/N-ethyl adjacent to an activating group) is 1. The Labute approximate surface area is 123 Å². The summed E-state index contributed by atoms with van der Waals surface area (Å²) < 4.78 is 0. The van der Waals surface area contributed by atoms with Crippen LogP contribution in [0, 0.1) is 6.92 Å². The van der Waals surface area contributed by atoms with Crippen LogP contribution in [0.1, 0.15) is 30.9 Å². The first-order valence-corrected chi connectivity index (χ1v) is 7.74. The Morgan fingerprint density at radius 1 is 1.40 bits per heavy atom.